The van der Waals surface area contributed by atoms with Crippen molar-refractivity contribution in [3.05, 3.63) is 30.1 Å². The number of anilines is 1. The number of rotatable bonds is 6. The summed E-state index contributed by atoms with van der Waals surface area (Å²) in [6.45, 7) is 8.39. The van der Waals surface area contributed by atoms with E-state index in [1.54, 1.807) is 6.07 Å². The van der Waals surface area contributed by atoms with E-state index in [0.717, 1.165) is 25.9 Å². The minimum atomic E-state index is -0.146. The molecule has 102 valence electrons. The van der Waals surface area contributed by atoms with Gasteiger partial charge in [-0.2, -0.15) is 0 Å². The Morgan fingerprint density at radius 2 is 1.83 bits per heavy atom. The number of nitrogens with one attached hydrogen (secondary N) is 1. The van der Waals surface area contributed by atoms with Crippen LogP contribution >= 0.6 is 0 Å². The van der Waals surface area contributed by atoms with Crippen molar-refractivity contribution in [1.82, 2.24) is 5.32 Å². The third kappa shape index (κ3) is 5.50. The van der Waals surface area contributed by atoms with Crippen LogP contribution < -0.4 is 10.2 Å². The zero-order chi connectivity index (χ0) is 13.6. The van der Waals surface area contributed by atoms with E-state index in [0.29, 0.717) is 5.69 Å². The van der Waals surface area contributed by atoms with Gasteiger partial charge < -0.3 is 10.2 Å². The maximum Gasteiger partial charge on any atom is 0.146 e. The molecule has 0 bridgehead atoms. The Morgan fingerprint density at radius 1 is 1.17 bits per heavy atom. The van der Waals surface area contributed by atoms with Crippen molar-refractivity contribution < 1.29 is 4.39 Å². The molecule has 0 aromatic heterocycles. The van der Waals surface area contributed by atoms with E-state index in [4.69, 9.17) is 0 Å². The van der Waals surface area contributed by atoms with E-state index in [9.17, 15) is 4.39 Å². The Hall–Kier alpha value is -1.09. The molecule has 0 aliphatic heterocycles. The molecule has 0 amide bonds. The molecule has 1 aromatic rings. The minimum Gasteiger partial charge on any atom is -0.372 e. The van der Waals surface area contributed by atoms with Gasteiger partial charge in [0, 0.05) is 19.1 Å². The van der Waals surface area contributed by atoms with Crippen molar-refractivity contribution >= 4 is 5.69 Å². The summed E-state index contributed by atoms with van der Waals surface area (Å²) in [6, 6.07) is 6.92. The molecule has 1 rings (SSSR count). The molecular weight excluding hydrogens is 227 g/mol. The molecule has 0 aliphatic carbocycles. The van der Waals surface area contributed by atoms with Crippen molar-refractivity contribution in [2.75, 3.05) is 25.0 Å². The van der Waals surface area contributed by atoms with Gasteiger partial charge in [0.1, 0.15) is 5.82 Å². The predicted octanol–water partition coefficient (Wildman–Crippen LogP) is 3.43. The molecule has 0 fully saturated rings. The Balaban J connectivity index is 2.26. The summed E-state index contributed by atoms with van der Waals surface area (Å²) in [7, 11) is 1.94. The topological polar surface area (TPSA) is 15.3 Å². The van der Waals surface area contributed by atoms with Gasteiger partial charge in [0.25, 0.3) is 0 Å². The molecule has 3 heteroatoms. The second-order valence-electron chi connectivity index (χ2n) is 5.76. The van der Waals surface area contributed by atoms with Crippen LogP contribution in [0.5, 0.6) is 0 Å². The predicted molar refractivity (Wildman–Crippen MR) is 76.7 cm³/mol. The molecule has 1 aromatic carbocycles. The maximum absolute atomic E-state index is 13.5. The summed E-state index contributed by atoms with van der Waals surface area (Å²) in [4.78, 5) is 1.98. The van der Waals surface area contributed by atoms with Gasteiger partial charge >= 0.3 is 0 Å². The largest absolute Gasteiger partial charge is 0.372 e. The number of benzene rings is 1. The van der Waals surface area contributed by atoms with Crippen LogP contribution in [0.25, 0.3) is 0 Å². The fourth-order valence-electron chi connectivity index (χ4n) is 1.82. The van der Waals surface area contributed by atoms with Gasteiger partial charge in [-0.05, 0) is 52.3 Å². The number of hydrogen-bond acceptors (Lipinski definition) is 2. The number of para-hydroxylation sites is 1. The Kier molecular flexibility index (Phi) is 5.60. The Morgan fingerprint density at radius 3 is 2.44 bits per heavy atom. The number of hydrogen-bond donors (Lipinski definition) is 1. The van der Waals surface area contributed by atoms with Crippen LogP contribution in [0.4, 0.5) is 10.1 Å². The first-order valence-corrected chi connectivity index (χ1v) is 6.61. The van der Waals surface area contributed by atoms with Crippen LogP contribution in [-0.4, -0.2) is 25.7 Å². The van der Waals surface area contributed by atoms with Crippen LogP contribution in [-0.2, 0) is 0 Å². The third-order valence-corrected chi connectivity index (χ3v) is 2.84. The van der Waals surface area contributed by atoms with Crippen molar-refractivity contribution in [3.8, 4) is 0 Å². The average molecular weight is 252 g/mol. The lowest BCUT2D eigenvalue weighted by Crippen LogP contribution is -2.36. The zero-order valence-electron chi connectivity index (χ0n) is 12.0. The molecule has 0 spiro atoms. The highest BCUT2D eigenvalue weighted by molar-refractivity contribution is 5.46. The van der Waals surface area contributed by atoms with Gasteiger partial charge in [-0.3, -0.25) is 0 Å². The van der Waals surface area contributed by atoms with Crippen molar-refractivity contribution in [1.29, 1.82) is 0 Å². The van der Waals surface area contributed by atoms with Gasteiger partial charge in [-0.15, -0.1) is 0 Å². The minimum absolute atomic E-state index is 0.146. The Bertz CT molecular complexity index is 358. The fourth-order valence-corrected chi connectivity index (χ4v) is 1.82. The quantitative estimate of drug-likeness (QED) is 0.780. The number of nitrogens with zero attached hydrogens (tertiary/aromatic N) is 1. The van der Waals surface area contributed by atoms with Crippen LogP contribution in [0.2, 0.25) is 0 Å². The molecule has 18 heavy (non-hydrogen) atoms. The molecule has 0 unspecified atom stereocenters. The molecule has 0 saturated carbocycles. The van der Waals surface area contributed by atoms with Gasteiger partial charge in [0.2, 0.25) is 0 Å². The van der Waals surface area contributed by atoms with Crippen LogP contribution in [0.3, 0.4) is 0 Å². The highest BCUT2D eigenvalue weighted by Crippen LogP contribution is 2.17. The van der Waals surface area contributed by atoms with E-state index < -0.39 is 0 Å². The molecule has 0 radical (unpaired) electrons. The standard InChI is InChI=1S/C15H25FN2/c1-15(2,3)17-11-7-8-12-18(4)14-10-6-5-9-13(14)16/h5-6,9-10,17H,7-8,11-12H2,1-4H3. The summed E-state index contributed by atoms with van der Waals surface area (Å²) in [5.74, 6) is -0.146. The van der Waals surface area contributed by atoms with E-state index >= 15 is 0 Å². The molecule has 0 atom stereocenters. The second kappa shape index (κ2) is 6.74. The summed E-state index contributed by atoms with van der Waals surface area (Å²) >= 11 is 0. The maximum atomic E-state index is 13.5. The lowest BCUT2D eigenvalue weighted by molar-refractivity contribution is 0.419. The molecule has 1 N–H and O–H groups in total. The van der Waals surface area contributed by atoms with Crippen LogP contribution in [0, 0.1) is 5.82 Å². The number of halogens is 1. The monoisotopic (exact) mass is 252 g/mol. The summed E-state index contributed by atoms with van der Waals surface area (Å²) in [5.41, 5.74) is 0.860. The van der Waals surface area contributed by atoms with Crippen molar-refractivity contribution in [3.63, 3.8) is 0 Å². The molecule has 0 aliphatic rings. The average Bonchev–Trinajstić information content (AvgIpc) is 2.27. The lowest BCUT2D eigenvalue weighted by atomic mass is 10.1. The van der Waals surface area contributed by atoms with E-state index in [-0.39, 0.29) is 11.4 Å². The SMILES string of the molecule is CN(CCCCNC(C)(C)C)c1ccccc1F. The highest BCUT2D eigenvalue weighted by atomic mass is 19.1. The van der Waals surface area contributed by atoms with Crippen LogP contribution in [0.15, 0.2) is 24.3 Å². The van der Waals surface area contributed by atoms with Crippen molar-refractivity contribution in [2.24, 2.45) is 0 Å². The smallest absolute Gasteiger partial charge is 0.146 e. The zero-order valence-corrected chi connectivity index (χ0v) is 12.0. The lowest BCUT2D eigenvalue weighted by Gasteiger charge is -2.22. The normalized spacial score (nSPS) is 11.6. The summed E-state index contributed by atoms with van der Waals surface area (Å²) in [5, 5.41) is 3.45. The Labute approximate surface area is 110 Å². The van der Waals surface area contributed by atoms with Crippen molar-refractivity contribution in [2.45, 2.75) is 39.2 Å². The molecule has 2 nitrogen and oxygen atoms in total. The van der Waals surface area contributed by atoms with E-state index in [1.165, 1.54) is 6.07 Å². The third-order valence-electron chi connectivity index (χ3n) is 2.84. The first kappa shape index (κ1) is 15.0. The van der Waals surface area contributed by atoms with Gasteiger partial charge in [-0.1, -0.05) is 12.1 Å². The van der Waals surface area contributed by atoms with E-state index in [1.807, 2.05) is 24.1 Å². The highest BCUT2D eigenvalue weighted by Gasteiger charge is 2.08. The van der Waals surface area contributed by atoms with E-state index in [2.05, 4.69) is 26.1 Å². The summed E-state index contributed by atoms with van der Waals surface area (Å²) < 4.78 is 13.5. The van der Waals surface area contributed by atoms with Gasteiger partial charge in [0.15, 0.2) is 0 Å². The van der Waals surface area contributed by atoms with Crippen LogP contribution in [0.1, 0.15) is 33.6 Å². The fraction of sp³-hybridized carbons (Fsp3) is 0.600. The molecular formula is C15H25FN2. The van der Waals surface area contributed by atoms with Gasteiger partial charge in [0.05, 0.1) is 5.69 Å². The first-order chi connectivity index (χ1) is 8.40. The molecule has 0 heterocycles. The molecule has 0 saturated heterocycles. The first-order valence-electron chi connectivity index (χ1n) is 6.61. The number of unbranched alkanes of at least 4 members (excludes halogenated alkanes) is 1. The summed E-state index contributed by atoms with van der Waals surface area (Å²) in [6.07, 6.45) is 2.17. The van der Waals surface area contributed by atoms with Gasteiger partial charge in [-0.25, -0.2) is 4.39 Å². The second-order valence-corrected chi connectivity index (χ2v) is 5.76.